The molecule has 0 amide bonds. The molecule has 48 heavy (non-hydrogen) atoms. The van der Waals surface area contributed by atoms with E-state index >= 15 is 0 Å². The van der Waals surface area contributed by atoms with Crippen molar-refractivity contribution < 1.29 is 19.0 Å². The number of hydrogen-bond acceptors (Lipinski definition) is 8. The molecular weight excluding hydrogens is 635 g/mol. The molecule has 2 atom stereocenters. The van der Waals surface area contributed by atoms with Crippen LogP contribution in [0.5, 0.6) is 0 Å². The Morgan fingerprint density at radius 1 is 0.958 bits per heavy atom. The van der Waals surface area contributed by atoms with E-state index in [2.05, 4.69) is 62.4 Å². The van der Waals surface area contributed by atoms with Crippen molar-refractivity contribution in [2.45, 2.75) is 96.3 Å². The second-order valence-electron chi connectivity index (χ2n) is 15.7. The molecule has 0 saturated heterocycles. The molecule has 11 heteroatoms. The second-order valence-corrected chi connectivity index (χ2v) is 27.0. The zero-order valence-electron chi connectivity index (χ0n) is 30.1. The fourth-order valence-corrected chi connectivity index (χ4v) is 7.81. The standard InChI is InChI=1S/C37H55N5O4Si2/c1-8-46-36(43)21-28-12-11-14-29(20-28)34-23-35(41(26-44-16-18-47(2,3)4)27-45-17-19-48(5,6)7)42-37(40-34)32(25-39-42)31-22-30-13-9-10-15-33(30)38-24-31/h9-10,13,15,22-25,28-29H,8,11-12,14,16-21,26-27H2,1-7H3. The Hall–Kier alpha value is -3.13. The highest BCUT2D eigenvalue weighted by Crippen LogP contribution is 2.39. The van der Waals surface area contributed by atoms with Crippen molar-refractivity contribution in [3.63, 3.8) is 0 Å². The summed E-state index contributed by atoms with van der Waals surface area (Å²) in [6, 6.07) is 14.7. The fraction of sp³-hybridized carbons (Fsp3) is 0.568. The average Bonchev–Trinajstić information content (AvgIpc) is 3.47. The smallest absolute Gasteiger partial charge is 0.306 e. The lowest BCUT2D eigenvalue weighted by Gasteiger charge is -2.30. The van der Waals surface area contributed by atoms with Crippen LogP contribution in [0.1, 0.15) is 50.6 Å². The van der Waals surface area contributed by atoms with Crippen molar-refractivity contribution in [3.8, 4) is 11.1 Å². The third-order valence-electron chi connectivity index (χ3n) is 9.15. The van der Waals surface area contributed by atoms with Crippen LogP contribution in [0.25, 0.3) is 27.7 Å². The molecule has 0 N–H and O–H groups in total. The number of rotatable bonds is 16. The highest BCUT2D eigenvalue weighted by molar-refractivity contribution is 6.76. The van der Waals surface area contributed by atoms with E-state index in [0.717, 1.165) is 77.0 Å². The van der Waals surface area contributed by atoms with Gasteiger partial charge >= 0.3 is 5.97 Å². The molecule has 0 spiro atoms. The first-order chi connectivity index (χ1) is 22.9. The first kappa shape index (κ1) is 36.2. The molecule has 0 aliphatic heterocycles. The first-order valence-electron chi connectivity index (χ1n) is 17.7. The summed E-state index contributed by atoms with van der Waals surface area (Å²) in [5.41, 5.74) is 4.69. The minimum atomic E-state index is -1.25. The molecule has 0 radical (unpaired) electrons. The van der Waals surface area contributed by atoms with E-state index in [1.807, 2.05) is 42.0 Å². The van der Waals surface area contributed by atoms with E-state index in [1.165, 1.54) is 0 Å². The highest BCUT2D eigenvalue weighted by atomic mass is 28.3. The largest absolute Gasteiger partial charge is 0.466 e. The number of ether oxygens (including phenoxy) is 3. The number of hydrogen-bond donors (Lipinski definition) is 0. The Bertz CT molecular complexity index is 1640. The third-order valence-corrected chi connectivity index (χ3v) is 12.6. The molecule has 1 fully saturated rings. The number of carbonyl (C=O) groups is 1. The Morgan fingerprint density at radius 2 is 1.67 bits per heavy atom. The molecule has 1 aliphatic rings. The predicted octanol–water partition coefficient (Wildman–Crippen LogP) is 8.60. The lowest BCUT2D eigenvalue weighted by molar-refractivity contribution is -0.144. The summed E-state index contributed by atoms with van der Waals surface area (Å²) in [5.74, 6) is 1.31. The third kappa shape index (κ3) is 9.96. The maximum absolute atomic E-state index is 12.4. The van der Waals surface area contributed by atoms with Gasteiger partial charge in [-0.3, -0.25) is 9.78 Å². The quantitative estimate of drug-likeness (QED) is 0.0500. The van der Waals surface area contributed by atoms with Crippen LogP contribution >= 0.6 is 0 Å². The van der Waals surface area contributed by atoms with Gasteiger partial charge in [0, 0.05) is 76.2 Å². The fourth-order valence-electron chi connectivity index (χ4n) is 6.30. The normalized spacial score (nSPS) is 17.2. The molecular formula is C37H55N5O4Si2. The number of aromatic nitrogens is 4. The van der Waals surface area contributed by atoms with E-state index in [0.29, 0.717) is 39.7 Å². The van der Waals surface area contributed by atoms with Crippen molar-refractivity contribution in [1.82, 2.24) is 19.6 Å². The molecule has 260 valence electrons. The summed E-state index contributed by atoms with van der Waals surface area (Å²) in [5, 5.41) is 6.00. The van der Waals surface area contributed by atoms with Gasteiger partial charge in [0.25, 0.3) is 0 Å². The number of benzene rings is 1. The summed E-state index contributed by atoms with van der Waals surface area (Å²) >= 11 is 0. The van der Waals surface area contributed by atoms with E-state index < -0.39 is 16.1 Å². The molecule has 0 bridgehead atoms. The zero-order valence-corrected chi connectivity index (χ0v) is 32.1. The summed E-state index contributed by atoms with van der Waals surface area (Å²) in [7, 11) is -2.50. The van der Waals surface area contributed by atoms with Crippen molar-refractivity contribution in [2.24, 2.45) is 5.92 Å². The Kier molecular flexibility index (Phi) is 12.1. The molecule has 5 rings (SSSR count). The zero-order chi connectivity index (χ0) is 34.3. The summed E-state index contributed by atoms with van der Waals surface area (Å²) in [6.45, 7) is 18.8. The van der Waals surface area contributed by atoms with Crippen LogP contribution in [0.3, 0.4) is 0 Å². The lowest BCUT2D eigenvalue weighted by atomic mass is 9.78. The van der Waals surface area contributed by atoms with E-state index in [4.69, 9.17) is 29.3 Å². The number of anilines is 1. The van der Waals surface area contributed by atoms with Crippen molar-refractivity contribution >= 4 is 44.5 Å². The molecule has 2 unspecified atom stereocenters. The SMILES string of the molecule is CCOC(=O)CC1CCCC(c2cc(N(COCC[Si](C)(C)C)COCC[Si](C)(C)C)n3ncc(-c4cnc5ccccc5c4)c3n2)C1. The molecule has 3 aromatic heterocycles. The molecule has 1 aromatic carbocycles. The van der Waals surface area contributed by atoms with Gasteiger partial charge in [-0.25, -0.2) is 4.98 Å². The van der Waals surface area contributed by atoms with Crippen LogP contribution in [0.2, 0.25) is 51.4 Å². The Labute approximate surface area is 288 Å². The molecule has 4 aromatic rings. The van der Waals surface area contributed by atoms with Crippen LogP contribution in [-0.4, -0.2) is 75.0 Å². The minimum absolute atomic E-state index is 0.105. The van der Waals surface area contributed by atoms with Crippen molar-refractivity contribution in [3.05, 3.63) is 54.5 Å². The van der Waals surface area contributed by atoms with Crippen molar-refractivity contribution in [2.75, 3.05) is 38.2 Å². The number of nitrogens with zero attached hydrogens (tertiary/aromatic N) is 5. The van der Waals surface area contributed by atoms with Crippen molar-refractivity contribution in [1.29, 1.82) is 0 Å². The number of fused-ring (bicyclic) bond motifs is 2. The van der Waals surface area contributed by atoms with Gasteiger partial charge in [0.15, 0.2) is 5.65 Å². The van der Waals surface area contributed by atoms with Gasteiger partial charge in [0.05, 0.1) is 18.3 Å². The van der Waals surface area contributed by atoms with Gasteiger partial charge in [-0.15, -0.1) is 0 Å². The number of pyridine rings is 1. The van der Waals surface area contributed by atoms with Crippen LogP contribution in [0, 0.1) is 5.92 Å². The molecule has 9 nitrogen and oxygen atoms in total. The number of esters is 1. The maximum Gasteiger partial charge on any atom is 0.306 e. The predicted molar refractivity (Wildman–Crippen MR) is 200 cm³/mol. The van der Waals surface area contributed by atoms with Crippen LogP contribution in [-0.2, 0) is 19.0 Å². The molecule has 1 saturated carbocycles. The number of para-hydroxylation sites is 1. The van der Waals surface area contributed by atoms with E-state index in [9.17, 15) is 4.79 Å². The van der Waals surface area contributed by atoms with Gasteiger partial charge in [-0.1, -0.05) is 63.9 Å². The Morgan fingerprint density at radius 3 is 2.35 bits per heavy atom. The van der Waals surface area contributed by atoms with Crippen LogP contribution in [0.15, 0.2) is 48.8 Å². The Balaban J connectivity index is 1.53. The monoisotopic (exact) mass is 689 g/mol. The van der Waals surface area contributed by atoms with Crippen LogP contribution in [0.4, 0.5) is 5.82 Å². The van der Waals surface area contributed by atoms with E-state index in [1.54, 1.807) is 0 Å². The molecule has 3 heterocycles. The first-order valence-corrected chi connectivity index (χ1v) is 25.1. The summed E-state index contributed by atoms with van der Waals surface area (Å²) in [4.78, 5) is 24.7. The lowest BCUT2D eigenvalue weighted by Crippen LogP contribution is -2.33. The number of carbonyl (C=O) groups excluding carboxylic acids is 1. The van der Waals surface area contributed by atoms with E-state index in [-0.39, 0.29) is 17.8 Å². The van der Waals surface area contributed by atoms with Gasteiger partial charge in [0.2, 0.25) is 0 Å². The highest BCUT2D eigenvalue weighted by Gasteiger charge is 2.29. The second kappa shape index (κ2) is 16.1. The van der Waals surface area contributed by atoms with Gasteiger partial charge in [-0.2, -0.15) is 9.61 Å². The topological polar surface area (TPSA) is 91.1 Å². The summed E-state index contributed by atoms with van der Waals surface area (Å²) in [6.07, 6.45) is 8.31. The van der Waals surface area contributed by atoms with Gasteiger partial charge < -0.3 is 19.1 Å². The molecule has 1 aliphatic carbocycles. The maximum atomic E-state index is 12.4. The minimum Gasteiger partial charge on any atom is -0.466 e. The average molecular weight is 690 g/mol. The van der Waals surface area contributed by atoms with Gasteiger partial charge in [0.1, 0.15) is 19.3 Å². The van der Waals surface area contributed by atoms with Gasteiger partial charge in [-0.05, 0) is 56.3 Å². The van der Waals surface area contributed by atoms with Crippen LogP contribution < -0.4 is 4.90 Å². The summed E-state index contributed by atoms with van der Waals surface area (Å²) < 4.78 is 20.0.